The Morgan fingerprint density at radius 1 is 1.00 bits per heavy atom. The maximum Gasteiger partial charge on any atom is 0.0662 e. The van der Waals surface area contributed by atoms with E-state index in [4.69, 9.17) is 11.2 Å². The normalized spacial score (nSPS) is 21.6. The molecule has 1 aliphatic rings. The predicted molar refractivity (Wildman–Crippen MR) is 71.8 cm³/mol. The first-order valence-corrected chi connectivity index (χ1v) is 8.54. The molecule has 0 saturated heterocycles. The molecule has 1 unspecified atom stereocenters. The Morgan fingerprint density at radius 3 is 1.87 bits per heavy atom. The van der Waals surface area contributed by atoms with Crippen molar-refractivity contribution in [2.24, 2.45) is 0 Å². The van der Waals surface area contributed by atoms with Gasteiger partial charge in [-0.15, -0.1) is 0 Å². The molecule has 0 spiro atoms. The van der Waals surface area contributed by atoms with Crippen LogP contribution in [0.25, 0.3) is 0 Å². The Bertz CT molecular complexity index is 170. The zero-order valence-corrected chi connectivity index (χ0v) is 12.2. The van der Waals surface area contributed by atoms with Crippen LogP contribution in [-0.2, 0) is 0 Å². The van der Waals surface area contributed by atoms with E-state index in [0.717, 1.165) is 5.66 Å². The van der Waals surface area contributed by atoms with Crippen molar-refractivity contribution < 1.29 is 0 Å². The molecule has 0 N–H and O–H groups in total. The van der Waals surface area contributed by atoms with Gasteiger partial charge in [0.2, 0.25) is 0 Å². The van der Waals surface area contributed by atoms with Crippen LogP contribution >= 0.6 is 18.7 Å². The number of hydrogen-bond donors (Lipinski definition) is 0. The largest absolute Gasteiger partial charge is 0.264 e. The zero-order valence-electron chi connectivity index (χ0n) is 10.5. The summed E-state index contributed by atoms with van der Waals surface area (Å²) in [7, 11) is -0.436. The van der Waals surface area contributed by atoms with Crippen molar-refractivity contribution >= 4 is 18.7 Å². The van der Waals surface area contributed by atoms with Gasteiger partial charge in [0.05, 0.1) is 7.43 Å². The van der Waals surface area contributed by atoms with Crippen molar-refractivity contribution in [1.29, 1.82) is 0 Å². The Kier molecular flexibility index (Phi) is 5.89. The molecule has 90 valence electrons. The second-order valence-electron chi connectivity index (χ2n) is 5.15. The van der Waals surface area contributed by atoms with Crippen molar-refractivity contribution in [3.63, 3.8) is 0 Å². The topological polar surface area (TPSA) is 3.24 Å². The number of nitrogens with zero attached hydrogens (tertiary/aromatic N) is 1. The van der Waals surface area contributed by atoms with Crippen LogP contribution in [0.5, 0.6) is 0 Å². The lowest BCUT2D eigenvalue weighted by atomic mass is 10.0. The Morgan fingerprint density at radius 2 is 1.47 bits per heavy atom. The average molecular weight is 250 g/mol. The molecule has 15 heavy (non-hydrogen) atoms. The predicted octanol–water partition coefficient (Wildman–Crippen LogP) is 4.99. The molecule has 0 aromatic carbocycles. The second-order valence-corrected chi connectivity index (χ2v) is 7.96. The fraction of sp³-hybridized carbons (Fsp3) is 1.00. The number of halogens is 1. The fourth-order valence-corrected chi connectivity index (χ4v) is 6.20. The van der Waals surface area contributed by atoms with Crippen molar-refractivity contribution in [3.8, 4) is 0 Å². The van der Waals surface area contributed by atoms with E-state index in [-0.39, 0.29) is 0 Å². The minimum absolute atomic E-state index is 0.436. The summed E-state index contributed by atoms with van der Waals surface area (Å²) in [4.78, 5) is 0. The molecule has 3 heteroatoms. The lowest BCUT2D eigenvalue weighted by molar-refractivity contribution is 0.320. The molecule has 0 aromatic heterocycles. The van der Waals surface area contributed by atoms with E-state index in [9.17, 15) is 0 Å². The van der Waals surface area contributed by atoms with E-state index in [1.165, 1.54) is 32.1 Å². The summed E-state index contributed by atoms with van der Waals surface area (Å²) >= 11 is 6.71. The van der Waals surface area contributed by atoms with Crippen LogP contribution in [-0.4, -0.2) is 22.4 Å². The summed E-state index contributed by atoms with van der Waals surface area (Å²) in [5.74, 6) is 0. The molecule has 0 bridgehead atoms. The van der Waals surface area contributed by atoms with Crippen molar-refractivity contribution in [2.75, 3.05) is 0 Å². The van der Waals surface area contributed by atoms with Gasteiger partial charge in [-0.25, -0.2) is 0 Å². The molecular formula is C12H25ClNP. The molecule has 1 nitrogen and oxygen atoms in total. The molecule has 0 radical (unpaired) electrons. The maximum atomic E-state index is 6.71. The Balaban J connectivity index is 2.57. The van der Waals surface area contributed by atoms with E-state index < -0.39 is 7.43 Å². The number of hydrogen-bond acceptors (Lipinski definition) is 1. The summed E-state index contributed by atoms with van der Waals surface area (Å²) < 4.78 is 2.52. The van der Waals surface area contributed by atoms with Gasteiger partial charge in [-0.3, -0.25) is 4.67 Å². The van der Waals surface area contributed by atoms with Crippen LogP contribution in [0.1, 0.15) is 59.8 Å². The number of rotatable bonds is 4. The summed E-state index contributed by atoms with van der Waals surface area (Å²) in [5, 5.41) is 0. The van der Waals surface area contributed by atoms with Crippen molar-refractivity contribution in [3.05, 3.63) is 0 Å². The SMILES string of the molecule is CC(C)N(C(C)C)P(Cl)C1CCCCC1. The van der Waals surface area contributed by atoms with Crippen LogP contribution in [0.2, 0.25) is 0 Å². The fourth-order valence-electron chi connectivity index (χ4n) is 2.52. The van der Waals surface area contributed by atoms with E-state index in [2.05, 4.69) is 32.4 Å². The highest BCUT2D eigenvalue weighted by Crippen LogP contribution is 2.56. The lowest BCUT2D eigenvalue weighted by Crippen LogP contribution is -2.34. The van der Waals surface area contributed by atoms with E-state index >= 15 is 0 Å². The Labute approximate surface area is 101 Å². The molecule has 1 saturated carbocycles. The molecule has 1 rings (SSSR count). The van der Waals surface area contributed by atoms with Gasteiger partial charge >= 0.3 is 0 Å². The Hall–Kier alpha value is 0.680. The van der Waals surface area contributed by atoms with Gasteiger partial charge in [0, 0.05) is 17.7 Å². The van der Waals surface area contributed by atoms with Crippen LogP contribution in [0.4, 0.5) is 0 Å². The molecule has 1 aliphatic carbocycles. The second kappa shape index (κ2) is 6.42. The highest BCUT2D eigenvalue weighted by molar-refractivity contribution is 7.82. The van der Waals surface area contributed by atoms with E-state index in [0.29, 0.717) is 12.1 Å². The van der Waals surface area contributed by atoms with E-state index in [1.807, 2.05) is 0 Å². The maximum absolute atomic E-state index is 6.71. The van der Waals surface area contributed by atoms with Gasteiger partial charge in [0.1, 0.15) is 0 Å². The van der Waals surface area contributed by atoms with Crippen LogP contribution in [0.3, 0.4) is 0 Å². The minimum Gasteiger partial charge on any atom is -0.264 e. The first-order chi connectivity index (χ1) is 7.04. The smallest absolute Gasteiger partial charge is 0.0662 e. The highest BCUT2D eigenvalue weighted by atomic mass is 35.7. The third-order valence-electron chi connectivity index (χ3n) is 3.15. The van der Waals surface area contributed by atoms with Crippen molar-refractivity contribution in [2.45, 2.75) is 77.5 Å². The molecule has 0 aliphatic heterocycles. The van der Waals surface area contributed by atoms with Crippen LogP contribution in [0.15, 0.2) is 0 Å². The molecule has 0 heterocycles. The van der Waals surface area contributed by atoms with Gasteiger partial charge in [-0.05, 0) is 40.5 Å². The molecule has 1 fully saturated rings. The van der Waals surface area contributed by atoms with Crippen molar-refractivity contribution in [1.82, 2.24) is 4.67 Å². The third-order valence-corrected chi connectivity index (χ3v) is 6.99. The third kappa shape index (κ3) is 3.88. The van der Waals surface area contributed by atoms with Crippen LogP contribution < -0.4 is 0 Å². The summed E-state index contributed by atoms with van der Waals surface area (Å²) in [5.41, 5.74) is 0.778. The summed E-state index contributed by atoms with van der Waals surface area (Å²) in [6.07, 6.45) is 6.90. The quantitative estimate of drug-likeness (QED) is 0.635. The van der Waals surface area contributed by atoms with Gasteiger partial charge in [-0.2, -0.15) is 0 Å². The molecule has 1 atom stereocenters. The minimum atomic E-state index is -0.436. The van der Waals surface area contributed by atoms with Gasteiger partial charge in [0.15, 0.2) is 0 Å². The highest BCUT2D eigenvalue weighted by Gasteiger charge is 2.30. The lowest BCUT2D eigenvalue weighted by Gasteiger charge is -2.39. The van der Waals surface area contributed by atoms with Gasteiger partial charge in [-0.1, -0.05) is 30.5 Å². The first-order valence-electron chi connectivity index (χ1n) is 6.27. The zero-order chi connectivity index (χ0) is 11.4. The molecular weight excluding hydrogens is 225 g/mol. The summed E-state index contributed by atoms with van der Waals surface area (Å²) in [6, 6.07) is 1.16. The van der Waals surface area contributed by atoms with Gasteiger partial charge in [0.25, 0.3) is 0 Å². The van der Waals surface area contributed by atoms with Gasteiger partial charge < -0.3 is 0 Å². The van der Waals surface area contributed by atoms with E-state index in [1.54, 1.807) is 0 Å². The molecule has 0 aromatic rings. The average Bonchev–Trinajstić information content (AvgIpc) is 2.18. The standard InChI is InChI=1S/C12H25ClNP/c1-10(2)14(11(3)4)15(13)12-8-6-5-7-9-12/h10-12H,5-9H2,1-4H3. The first kappa shape index (κ1) is 13.7. The molecule has 0 amide bonds. The monoisotopic (exact) mass is 249 g/mol. The van der Waals surface area contributed by atoms with Crippen LogP contribution in [0, 0.1) is 0 Å². The summed E-state index contributed by atoms with van der Waals surface area (Å²) in [6.45, 7) is 9.06.